The molecule has 7 heteroatoms. The Kier molecular flexibility index (Phi) is 3.38. The van der Waals surface area contributed by atoms with E-state index in [0.717, 1.165) is 11.3 Å². The van der Waals surface area contributed by atoms with Crippen molar-refractivity contribution >= 4 is 33.3 Å². The van der Waals surface area contributed by atoms with Crippen molar-refractivity contribution in [2.75, 3.05) is 12.4 Å². The zero-order chi connectivity index (χ0) is 15.9. The van der Waals surface area contributed by atoms with Crippen molar-refractivity contribution in [1.29, 1.82) is 0 Å². The second-order valence-corrected chi connectivity index (χ2v) is 6.89. The summed E-state index contributed by atoms with van der Waals surface area (Å²) in [7, 11) is -2.20. The van der Waals surface area contributed by atoms with Gasteiger partial charge in [-0.1, -0.05) is 0 Å². The van der Waals surface area contributed by atoms with Gasteiger partial charge in [0, 0.05) is 23.1 Å². The first-order valence-electron chi connectivity index (χ1n) is 6.67. The molecule has 114 valence electrons. The van der Waals surface area contributed by atoms with E-state index in [1.165, 1.54) is 19.2 Å². The van der Waals surface area contributed by atoms with Gasteiger partial charge in [0.05, 0.1) is 10.5 Å². The van der Waals surface area contributed by atoms with Crippen LogP contribution in [0.4, 0.5) is 5.69 Å². The highest BCUT2D eigenvalue weighted by molar-refractivity contribution is 7.89. The topological polar surface area (TPSA) is 91.1 Å². The maximum atomic E-state index is 12.1. The maximum absolute atomic E-state index is 12.1. The number of aryl methyl sites for hydroxylation is 1. The number of rotatable bonds is 3. The van der Waals surface area contributed by atoms with Gasteiger partial charge in [-0.05, 0) is 49.9 Å². The monoisotopic (exact) mass is 317 g/mol. The summed E-state index contributed by atoms with van der Waals surface area (Å²) < 4.78 is 26.1. The summed E-state index contributed by atoms with van der Waals surface area (Å²) in [5.41, 5.74) is 3.45. The molecule has 0 spiro atoms. The van der Waals surface area contributed by atoms with Crippen molar-refractivity contribution in [2.24, 2.45) is 0 Å². The van der Waals surface area contributed by atoms with Crippen molar-refractivity contribution in [1.82, 2.24) is 9.71 Å². The molecule has 0 saturated carbocycles. The Labute approximate surface area is 128 Å². The van der Waals surface area contributed by atoms with E-state index in [0.29, 0.717) is 16.8 Å². The van der Waals surface area contributed by atoms with Crippen molar-refractivity contribution in [3.8, 4) is 0 Å². The number of carbonyl (C=O) groups is 1. The zero-order valence-electron chi connectivity index (χ0n) is 12.1. The number of amides is 1. The fraction of sp³-hybridized carbons (Fsp3) is 0.133. The van der Waals surface area contributed by atoms with E-state index in [9.17, 15) is 13.2 Å². The van der Waals surface area contributed by atoms with Gasteiger partial charge in [-0.25, -0.2) is 13.1 Å². The number of nitrogens with one attached hydrogen (secondary N) is 3. The Balaban J connectivity index is 2.15. The van der Waals surface area contributed by atoms with Crippen LogP contribution in [0, 0.1) is 6.92 Å². The van der Waals surface area contributed by atoms with Crippen LogP contribution >= 0.6 is 0 Å². The number of fused-ring (bicyclic) bond motifs is 1. The summed E-state index contributed by atoms with van der Waals surface area (Å²) in [4.78, 5) is 15.3. The van der Waals surface area contributed by atoms with Gasteiger partial charge in [0.1, 0.15) is 0 Å². The molecule has 3 rings (SSSR count). The molecule has 1 aliphatic rings. The lowest BCUT2D eigenvalue weighted by Gasteiger charge is -2.05. The van der Waals surface area contributed by atoms with E-state index in [-0.39, 0.29) is 10.8 Å². The van der Waals surface area contributed by atoms with Gasteiger partial charge < -0.3 is 10.3 Å². The number of benzene rings is 1. The van der Waals surface area contributed by atoms with Crippen LogP contribution in [0.25, 0.3) is 11.6 Å². The number of anilines is 1. The van der Waals surface area contributed by atoms with Crippen molar-refractivity contribution in [2.45, 2.75) is 11.8 Å². The highest BCUT2D eigenvalue weighted by atomic mass is 32.2. The van der Waals surface area contributed by atoms with E-state index in [2.05, 4.69) is 15.0 Å². The predicted octanol–water partition coefficient (Wildman–Crippen LogP) is 1.72. The van der Waals surface area contributed by atoms with Crippen LogP contribution in [0.5, 0.6) is 0 Å². The number of hydrogen-bond acceptors (Lipinski definition) is 3. The molecule has 2 heterocycles. The Bertz CT molecular complexity index is 895. The van der Waals surface area contributed by atoms with E-state index < -0.39 is 10.0 Å². The van der Waals surface area contributed by atoms with E-state index in [1.807, 2.05) is 13.0 Å². The molecular weight excluding hydrogens is 302 g/mol. The fourth-order valence-corrected chi connectivity index (χ4v) is 3.11. The van der Waals surface area contributed by atoms with Crippen LogP contribution in [0.15, 0.2) is 35.4 Å². The second-order valence-electron chi connectivity index (χ2n) is 5.00. The van der Waals surface area contributed by atoms with Crippen LogP contribution in [0.2, 0.25) is 0 Å². The smallest absolute Gasteiger partial charge is 0.256 e. The molecule has 0 aliphatic carbocycles. The van der Waals surface area contributed by atoms with Gasteiger partial charge in [-0.3, -0.25) is 4.79 Å². The first kappa shape index (κ1) is 14.6. The van der Waals surface area contributed by atoms with Crippen LogP contribution in [0.3, 0.4) is 0 Å². The van der Waals surface area contributed by atoms with Gasteiger partial charge >= 0.3 is 0 Å². The van der Waals surface area contributed by atoms with E-state index in [4.69, 9.17) is 0 Å². The van der Waals surface area contributed by atoms with E-state index in [1.54, 1.807) is 18.3 Å². The Morgan fingerprint density at radius 1 is 1.23 bits per heavy atom. The molecule has 0 unspecified atom stereocenters. The first-order valence-corrected chi connectivity index (χ1v) is 8.15. The normalized spacial score (nSPS) is 15.9. The zero-order valence-corrected chi connectivity index (χ0v) is 12.9. The number of carbonyl (C=O) groups excluding carboxylic acids is 1. The third kappa shape index (κ3) is 2.34. The van der Waals surface area contributed by atoms with Crippen LogP contribution in [0.1, 0.15) is 16.8 Å². The summed E-state index contributed by atoms with van der Waals surface area (Å²) >= 11 is 0. The van der Waals surface area contributed by atoms with E-state index >= 15 is 0 Å². The lowest BCUT2D eigenvalue weighted by atomic mass is 10.1. The lowest BCUT2D eigenvalue weighted by molar-refractivity contribution is -0.110. The second kappa shape index (κ2) is 5.11. The summed E-state index contributed by atoms with van der Waals surface area (Å²) in [6.45, 7) is 1.93. The minimum absolute atomic E-state index is 0.124. The average Bonchev–Trinajstić information content (AvgIpc) is 3.03. The molecule has 22 heavy (non-hydrogen) atoms. The number of aromatic nitrogens is 1. The van der Waals surface area contributed by atoms with Crippen molar-refractivity contribution < 1.29 is 13.2 Å². The van der Waals surface area contributed by atoms with Crippen LogP contribution < -0.4 is 10.0 Å². The highest BCUT2D eigenvalue weighted by Gasteiger charge is 2.26. The quantitative estimate of drug-likeness (QED) is 0.753. The molecule has 6 nitrogen and oxygen atoms in total. The Morgan fingerprint density at radius 2 is 2.00 bits per heavy atom. The summed E-state index contributed by atoms with van der Waals surface area (Å²) in [6.07, 6.45) is 3.52. The molecule has 0 radical (unpaired) electrons. The van der Waals surface area contributed by atoms with Gasteiger partial charge in [-0.2, -0.15) is 0 Å². The third-order valence-corrected chi connectivity index (χ3v) is 5.05. The number of H-pyrrole nitrogens is 1. The highest BCUT2D eigenvalue weighted by Crippen LogP contribution is 2.34. The molecule has 1 aromatic heterocycles. The van der Waals surface area contributed by atoms with Crippen molar-refractivity contribution in [3.05, 3.63) is 47.3 Å². The largest absolute Gasteiger partial charge is 0.361 e. The fourth-order valence-electron chi connectivity index (χ4n) is 2.36. The molecule has 2 aromatic rings. The number of aromatic amines is 1. The molecule has 1 aliphatic heterocycles. The van der Waals surface area contributed by atoms with Gasteiger partial charge in [0.25, 0.3) is 5.91 Å². The standard InChI is InChI=1S/C15H15N3O3S/c1-9-5-6-17-14(9)8-12-11-7-10(22(20,21)16-2)3-4-13(11)18-15(12)19/h3-8,16-17H,1-2H3,(H,18,19). The summed E-state index contributed by atoms with van der Waals surface area (Å²) in [6, 6.07) is 6.47. The lowest BCUT2D eigenvalue weighted by Crippen LogP contribution is -2.18. The maximum Gasteiger partial charge on any atom is 0.256 e. The molecule has 0 fully saturated rings. The van der Waals surface area contributed by atoms with Crippen LogP contribution in [-0.4, -0.2) is 26.4 Å². The first-order chi connectivity index (χ1) is 10.4. The minimum atomic E-state index is -3.55. The molecule has 1 amide bonds. The summed E-state index contributed by atoms with van der Waals surface area (Å²) in [5.74, 6) is -0.247. The average molecular weight is 317 g/mol. The predicted molar refractivity (Wildman–Crippen MR) is 84.7 cm³/mol. The third-order valence-electron chi connectivity index (χ3n) is 3.64. The van der Waals surface area contributed by atoms with Gasteiger partial charge in [0.2, 0.25) is 10.0 Å². The van der Waals surface area contributed by atoms with Crippen LogP contribution in [-0.2, 0) is 14.8 Å². The van der Waals surface area contributed by atoms with Crippen molar-refractivity contribution in [3.63, 3.8) is 0 Å². The molecular formula is C15H15N3O3S. The number of hydrogen-bond donors (Lipinski definition) is 3. The minimum Gasteiger partial charge on any atom is -0.361 e. The van der Waals surface area contributed by atoms with Gasteiger partial charge in [-0.15, -0.1) is 0 Å². The molecule has 1 aromatic carbocycles. The Morgan fingerprint density at radius 3 is 2.64 bits per heavy atom. The Hall–Kier alpha value is -2.38. The molecule has 0 bridgehead atoms. The molecule has 3 N–H and O–H groups in total. The number of sulfonamides is 1. The van der Waals surface area contributed by atoms with Gasteiger partial charge in [0.15, 0.2) is 0 Å². The SMILES string of the molecule is CNS(=O)(=O)c1ccc2c(c1)C(=Cc1[nH]ccc1C)C(=O)N2. The summed E-state index contributed by atoms with van der Waals surface area (Å²) in [5, 5.41) is 2.74. The molecule has 0 atom stereocenters. The molecule has 0 saturated heterocycles.